The van der Waals surface area contributed by atoms with Crippen molar-refractivity contribution in [2.75, 3.05) is 41.8 Å². The van der Waals surface area contributed by atoms with E-state index in [4.69, 9.17) is 4.74 Å². The highest BCUT2D eigenvalue weighted by Gasteiger charge is 2.32. The van der Waals surface area contributed by atoms with E-state index in [2.05, 4.69) is 25.6 Å². The van der Waals surface area contributed by atoms with E-state index in [1.807, 2.05) is 12.1 Å². The van der Waals surface area contributed by atoms with Crippen molar-refractivity contribution in [3.8, 4) is 0 Å². The zero-order valence-corrected chi connectivity index (χ0v) is 15.1. The molecule has 4 heterocycles. The first kappa shape index (κ1) is 19.0. The summed E-state index contributed by atoms with van der Waals surface area (Å²) in [5.74, 6) is 0. The topological polar surface area (TPSA) is 83.8 Å². The molecule has 0 bridgehead atoms. The van der Waals surface area contributed by atoms with E-state index >= 15 is 0 Å². The van der Waals surface area contributed by atoms with E-state index in [0.29, 0.717) is 32.0 Å². The number of hydrogen-bond donors (Lipinski definition) is 2. The van der Waals surface area contributed by atoms with E-state index in [9.17, 15) is 18.0 Å². The summed E-state index contributed by atoms with van der Waals surface area (Å²) in [4.78, 5) is 17.8. The van der Waals surface area contributed by atoms with Gasteiger partial charge in [0, 0.05) is 31.2 Å². The molecule has 1 aliphatic heterocycles. The molecular weight excluding hydrogens is 389 g/mol. The first-order valence-corrected chi connectivity index (χ1v) is 8.82. The lowest BCUT2D eigenvalue weighted by molar-refractivity contribution is -0.141. The highest BCUT2D eigenvalue weighted by molar-refractivity contribution is 6.03. The molecule has 1 fully saturated rings. The fourth-order valence-electron chi connectivity index (χ4n) is 3.14. The highest BCUT2D eigenvalue weighted by Crippen LogP contribution is 2.32. The van der Waals surface area contributed by atoms with Crippen LogP contribution in [0.1, 0.15) is 5.69 Å². The van der Waals surface area contributed by atoms with Gasteiger partial charge in [0.1, 0.15) is 5.69 Å². The molecule has 2 N–H and O–H groups in total. The van der Waals surface area contributed by atoms with Crippen LogP contribution in [0.15, 0.2) is 42.9 Å². The van der Waals surface area contributed by atoms with Crippen LogP contribution < -0.4 is 15.5 Å². The Labute approximate surface area is 163 Å². The van der Waals surface area contributed by atoms with Gasteiger partial charge in [-0.1, -0.05) is 0 Å². The first-order chi connectivity index (χ1) is 13.9. The van der Waals surface area contributed by atoms with Crippen molar-refractivity contribution in [1.82, 2.24) is 14.6 Å². The number of morpholine rings is 1. The number of aromatic nitrogens is 3. The van der Waals surface area contributed by atoms with Gasteiger partial charge in [0.25, 0.3) is 0 Å². The number of pyridine rings is 1. The van der Waals surface area contributed by atoms with Gasteiger partial charge in [0.2, 0.25) is 0 Å². The van der Waals surface area contributed by atoms with E-state index in [-0.39, 0.29) is 5.69 Å². The number of hydrogen-bond acceptors (Lipinski definition) is 5. The summed E-state index contributed by atoms with van der Waals surface area (Å²) in [5.41, 5.74) is 0.915. The average Bonchev–Trinajstić information content (AvgIpc) is 3.16. The quantitative estimate of drug-likeness (QED) is 0.698. The Bertz CT molecular complexity index is 1030. The number of rotatable bonds is 3. The second kappa shape index (κ2) is 7.59. The molecule has 0 spiro atoms. The zero-order chi connectivity index (χ0) is 20.4. The molecular formula is C18H17F3N6O2. The molecule has 1 saturated heterocycles. The minimum Gasteiger partial charge on any atom is -0.378 e. The number of nitrogens with zero attached hydrogens (tertiary/aromatic N) is 4. The third-order valence-electron chi connectivity index (χ3n) is 4.42. The van der Waals surface area contributed by atoms with E-state index in [0.717, 1.165) is 23.5 Å². The van der Waals surface area contributed by atoms with Crippen LogP contribution in [0.4, 0.5) is 35.0 Å². The molecule has 3 aromatic rings. The third-order valence-corrected chi connectivity index (χ3v) is 4.42. The van der Waals surface area contributed by atoms with Gasteiger partial charge < -0.3 is 20.3 Å². The Morgan fingerprint density at radius 1 is 1.17 bits per heavy atom. The van der Waals surface area contributed by atoms with Gasteiger partial charge in [0.05, 0.1) is 36.3 Å². The van der Waals surface area contributed by atoms with Crippen LogP contribution >= 0.6 is 0 Å². The summed E-state index contributed by atoms with van der Waals surface area (Å²) >= 11 is 0. The maximum Gasteiger partial charge on any atom is 0.433 e. The number of halogens is 3. The summed E-state index contributed by atoms with van der Waals surface area (Å²) in [5, 5.41) is 9.35. The lowest BCUT2D eigenvalue weighted by atomic mass is 10.2. The number of anilines is 3. The average molecular weight is 406 g/mol. The summed E-state index contributed by atoms with van der Waals surface area (Å²) in [6.07, 6.45) is -0.308. The second-order valence-corrected chi connectivity index (χ2v) is 6.35. The summed E-state index contributed by atoms with van der Waals surface area (Å²) < 4.78 is 45.5. The lowest BCUT2D eigenvalue weighted by Crippen LogP contribution is -2.37. The number of carbonyl (C=O) groups is 1. The standard InChI is InChI=1S/C18H17F3N6O2/c19-18(20,21)15-10-12(3-4-22-15)24-17(28)25-13-11-23-27-5-1-2-14(27)16(13)26-6-8-29-9-7-26/h1-5,10-11H,6-9H2,(H2,22,24,25,28). The maximum atomic E-state index is 12.8. The Balaban J connectivity index is 1.58. The van der Waals surface area contributed by atoms with Crippen LogP contribution in [0.2, 0.25) is 0 Å². The fraction of sp³-hybridized carbons (Fsp3) is 0.278. The molecule has 0 aliphatic carbocycles. The van der Waals surface area contributed by atoms with Crippen LogP contribution in [-0.4, -0.2) is 46.9 Å². The number of amides is 2. The number of alkyl halides is 3. The Morgan fingerprint density at radius 3 is 2.72 bits per heavy atom. The van der Waals surface area contributed by atoms with Crippen molar-refractivity contribution in [1.29, 1.82) is 0 Å². The molecule has 11 heteroatoms. The van der Waals surface area contributed by atoms with Crippen molar-refractivity contribution in [3.05, 3.63) is 48.5 Å². The summed E-state index contributed by atoms with van der Waals surface area (Å²) in [6.45, 7) is 2.39. The third kappa shape index (κ3) is 4.09. The van der Waals surface area contributed by atoms with Crippen molar-refractivity contribution in [2.45, 2.75) is 6.18 Å². The molecule has 3 aromatic heterocycles. The van der Waals surface area contributed by atoms with E-state index < -0.39 is 17.9 Å². The number of urea groups is 1. The van der Waals surface area contributed by atoms with Gasteiger partial charge in [-0.25, -0.2) is 9.31 Å². The maximum absolute atomic E-state index is 12.8. The molecule has 8 nitrogen and oxygen atoms in total. The smallest absolute Gasteiger partial charge is 0.378 e. The first-order valence-electron chi connectivity index (χ1n) is 8.82. The van der Waals surface area contributed by atoms with Crippen molar-refractivity contribution in [2.24, 2.45) is 0 Å². The van der Waals surface area contributed by atoms with Crippen molar-refractivity contribution in [3.63, 3.8) is 0 Å². The second-order valence-electron chi connectivity index (χ2n) is 6.35. The normalized spacial score (nSPS) is 14.8. The molecule has 2 amide bonds. The Kier molecular flexibility index (Phi) is 4.97. The summed E-state index contributed by atoms with van der Waals surface area (Å²) in [6, 6.07) is 5.09. The molecule has 29 heavy (non-hydrogen) atoms. The number of nitrogens with one attached hydrogen (secondary N) is 2. The lowest BCUT2D eigenvalue weighted by Gasteiger charge is -2.31. The van der Waals surface area contributed by atoms with Gasteiger partial charge in [0.15, 0.2) is 0 Å². The Morgan fingerprint density at radius 2 is 1.97 bits per heavy atom. The predicted molar refractivity (Wildman–Crippen MR) is 100 cm³/mol. The molecule has 0 saturated carbocycles. The Hall–Kier alpha value is -3.34. The van der Waals surface area contributed by atoms with Gasteiger partial charge in [-0.3, -0.25) is 4.98 Å². The number of carbonyl (C=O) groups excluding carboxylic acids is 1. The van der Waals surface area contributed by atoms with Crippen LogP contribution in [0, 0.1) is 0 Å². The zero-order valence-electron chi connectivity index (χ0n) is 15.1. The van der Waals surface area contributed by atoms with Crippen LogP contribution in [0.25, 0.3) is 5.52 Å². The molecule has 0 aromatic carbocycles. The molecule has 1 aliphatic rings. The molecule has 0 radical (unpaired) electrons. The summed E-state index contributed by atoms with van der Waals surface area (Å²) in [7, 11) is 0. The van der Waals surface area contributed by atoms with E-state index in [1.54, 1.807) is 10.7 Å². The van der Waals surface area contributed by atoms with Crippen molar-refractivity contribution >= 4 is 28.6 Å². The van der Waals surface area contributed by atoms with Gasteiger partial charge in [-0.05, 0) is 24.3 Å². The van der Waals surface area contributed by atoms with Crippen LogP contribution in [0.5, 0.6) is 0 Å². The minimum atomic E-state index is -4.60. The molecule has 4 rings (SSSR count). The molecule has 0 atom stereocenters. The highest BCUT2D eigenvalue weighted by atomic mass is 19.4. The SMILES string of the molecule is O=C(Nc1ccnc(C(F)(F)F)c1)Nc1cnn2cccc2c1N1CCOCC1. The van der Waals surface area contributed by atoms with Gasteiger partial charge in [-0.2, -0.15) is 18.3 Å². The molecule has 152 valence electrons. The number of fused-ring (bicyclic) bond motifs is 1. The largest absolute Gasteiger partial charge is 0.433 e. The van der Waals surface area contributed by atoms with Crippen LogP contribution in [0.3, 0.4) is 0 Å². The molecule has 0 unspecified atom stereocenters. The van der Waals surface area contributed by atoms with Gasteiger partial charge >= 0.3 is 12.2 Å². The fourth-order valence-corrected chi connectivity index (χ4v) is 3.14. The van der Waals surface area contributed by atoms with E-state index in [1.165, 1.54) is 12.3 Å². The predicted octanol–water partition coefficient (Wildman–Crippen LogP) is 3.23. The van der Waals surface area contributed by atoms with Crippen molar-refractivity contribution < 1.29 is 22.7 Å². The van der Waals surface area contributed by atoms with Crippen LogP contribution in [-0.2, 0) is 10.9 Å². The minimum absolute atomic E-state index is 0.0190. The van der Waals surface area contributed by atoms with Gasteiger partial charge in [-0.15, -0.1) is 0 Å². The number of ether oxygens (including phenoxy) is 1. The monoisotopic (exact) mass is 406 g/mol.